The lowest BCUT2D eigenvalue weighted by Crippen LogP contribution is -2.43. The molecule has 47 heavy (non-hydrogen) atoms. The number of terminal acetylenes is 1. The van der Waals surface area contributed by atoms with E-state index in [4.69, 9.17) is 29.5 Å². The zero-order chi connectivity index (χ0) is 34.3. The molecule has 15 heteroatoms. The molecule has 1 aromatic carbocycles. The highest BCUT2D eigenvalue weighted by molar-refractivity contribution is 5.82. The average molecular weight is 652 g/mol. The van der Waals surface area contributed by atoms with E-state index in [1.807, 2.05) is 33.8 Å². The fraction of sp³-hybridized carbons (Fsp3) is 0.438. The molecule has 4 heterocycles. The third-order valence-electron chi connectivity index (χ3n) is 7.92. The minimum Gasteiger partial charge on any atom is -0.461 e. The Morgan fingerprint density at radius 2 is 2.00 bits per heavy atom. The second kappa shape index (κ2) is 12.6. The molecule has 248 valence electrons. The lowest BCUT2D eigenvalue weighted by Gasteiger charge is -2.30. The standard InChI is InChI=1S/C32H34FN5O9/c1-8-32(14-43-24(41)12-31(6,7)25-17(3)9-16(2)10-20(25)45-19(5)39)22(40)11-23(47-32)38-15-35-26-27(36-29(33)37-28(26)38)34-13-21-18(4)44-30(42)46-21/h1,9-10,15,22-23,40H,11-14H2,2-7H3,(H,34,36,37)/t22-,23+,32+/m0/s1. The molecule has 4 aromatic rings. The van der Waals surface area contributed by atoms with Crippen LogP contribution < -0.4 is 15.9 Å². The average Bonchev–Trinajstić information content (AvgIpc) is 3.63. The van der Waals surface area contributed by atoms with Crippen LogP contribution in [0.5, 0.6) is 5.75 Å². The summed E-state index contributed by atoms with van der Waals surface area (Å²) in [4.78, 5) is 48.2. The van der Waals surface area contributed by atoms with Crippen molar-refractivity contribution in [3.05, 3.63) is 63.4 Å². The van der Waals surface area contributed by atoms with Crippen molar-refractivity contribution >= 4 is 28.9 Å². The van der Waals surface area contributed by atoms with E-state index >= 15 is 0 Å². The Morgan fingerprint density at radius 3 is 2.66 bits per heavy atom. The number of carbonyl (C=O) groups is 2. The SMILES string of the molecule is C#C[C@]1(COC(=O)CC(C)(C)c2c(C)cc(C)cc2OC(C)=O)O[C@@H](n2cnc3c(NCc4oc(=O)oc4C)nc(F)nc32)C[C@@H]1O. The van der Waals surface area contributed by atoms with Gasteiger partial charge < -0.3 is 33.5 Å². The van der Waals surface area contributed by atoms with Crippen LogP contribution in [0.2, 0.25) is 0 Å². The number of hydrogen-bond donors (Lipinski definition) is 2. The lowest BCUT2D eigenvalue weighted by atomic mass is 9.78. The van der Waals surface area contributed by atoms with Gasteiger partial charge in [-0.3, -0.25) is 14.2 Å². The number of imidazole rings is 1. The van der Waals surface area contributed by atoms with Crippen LogP contribution in [-0.2, 0) is 31.0 Å². The van der Waals surface area contributed by atoms with E-state index in [9.17, 15) is 23.9 Å². The first kappa shape index (κ1) is 33.3. The minimum atomic E-state index is -1.73. The van der Waals surface area contributed by atoms with Gasteiger partial charge in [-0.2, -0.15) is 14.4 Å². The Morgan fingerprint density at radius 1 is 1.26 bits per heavy atom. The fourth-order valence-electron chi connectivity index (χ4n) is 5.87. The summed E-state index contributed by atoms with van der Waals surface area (Å²) in [5.41, 5.74) is 0.0701. The number of carbonyl (C=O) groups excluding carboxylic acids is 2. The minimum absolute atomic E-state index is 0.00785. The summed E-state index contributed by atoms with van der Waals surface area (Å²) in [5, 5.41) is 13.9. The first-order valence-corrected chi connectivity index (χ1v) is 14.6. The maximum absolute atomic E-state index is 14.5. The van der Waals surface area contributed by atoms with Crippen LogP contribution in [0.15, 0.2) is 32.1 Å². The molecular weight excluding hydrogens is 617 g/mol. The molecule has 1 aliphatic rings. The maximum Gasteiger partial charge on any atom is 0.519 e. The number of halogens is 1. The number of aliphatic hydroxyl groups excluding tert-OH is 1. The van der Waals surface area contributed by atoms with Gasteiger partial charge in [-0.1, -0.05) is 25.8 Å². The van der Waals surface area contributed by atoms with Gasteiger partial charge in [0.2, 0.25) is 0 Å². The molecule has 0 radical (unpaired) electrons. The van der Waals surface area contributed by atoms with Crippen LogP contribution in [0, 0.1) is 39.2 Å². The van der Waals surface area contributed by atoms with Gasteiger partial charge in [-0.05, 0) is 38.0 Å². The Balaban J connectivity index is 1.31. The highest BCUT2D eigenvalue weighted by atomic mass is 19.1. The molecule has 14 nitrogen and oxygen atoms in total. The van der Waals surface area contributed by atoms with Crippen molar-refractivity contribution in [3.63, 3.8) is 0 Å². The monoisotopic (exact) mass is 651 g/mol. The normalized spacial score (nSPS) is 19.5. The van der Waals surface area contributed by atoms with Crippen molar-refractivity contribution in [2.75, 3.05) is 11.9 Å². The third kappa shape index (κ3) is 6.74. The van der Waals surface area contributed by atoms with Gasteiger partial charge >= 0.3 is 23.8 Å². The number of ether oxygens (including phenoxy) is 3. The zero-order valence-corrected chi connectivity index (χ0v) is 26.7. The highest BCUT2D eigenvalue weighted by Crippen LogP contribution is 2.40. The summed E-state index contributed by atoms with van der Waals surface area (Å²) in [6.45, 7) is 9.72. The van der Waals surface area contributed by atoms with E-state index in [1.165, 1.54) is 24.7 Å². The van der Waals surface area contributed by atoms with Crippen LogP contribution in [0.4, 0.5) is 10.2 Å². The van der Waals surface area contributed by atoms with Crippen molar-refractivity contribution in [2.45, 2.75) is 84.3 Å². The topological polar surface area (TPSA) is 181 Å². The molecule has 3 atom stereocenters. The molecule has 1 aliphatic heterocycles. The Bertz CT molecular complexity index is 1960. The molecule has 0 bridgehead atoms. The molecule has 5 rings (SSSR count). The molecule has 0 saturated carbocycles. The summed E-state index contributed by atoms with van der Waals surface area (Å²) >= 11 is 0. The Kier molecular flexibility index (Phi) is 8.94. The smallest absolute Gasteiger partial charge is 0.461 e. The van der Waals surface area contributed by atoms with E-state index in [2.05, 4.69) is 26.2 Å². The molecule has 0 unspecified atom stereocenters. The second-order valence-corrected chi connectivity index (χ2v) is 12.1. The van der Waals surface area contributed by atoms with Crippen LogP contribution in [0.1, 0.15) is 68.1 Å². The fourth-order valence-corrected chi connectivity index (χ4v) is 5.87. The molecule has 0 spiro atoms. The van der Waals surface area contributed by atoms with Crippen molar-refractivity contribution in [3.8, 4) is 18.1 Å². The number of benzene rings is 1. The molecule has 3 aromatic heterocycles. The van der Waals surface area contributed by atoms with Gasteiger partial charge in [0.05, 0.1) is 19.3 Å². The lowest BCUT2D eigenvalue weighted by molar-refractivity contribution is -0.157. The molecule has 2 N–H and O–H groups in total. The van der Waals surface area contributed by atoms with Gasteiger partial charge in [0, 0.05) is 24.3 Å². The number of aromatic nitrogens is 4. The molecule has 1 saturated heterocycles. The van der Waals surface area contributed by atoms with Crippen LogP contribution in [-0.4, -0.2) is 54.9 Å². The van der Waals surface area contributed by atoms with Crippen molar-refractivity contribution in [1.29, 1.82) is 0 Å². The van der Waals surface area contributed by atoms with Crippen LogP contribution in [0.3, 0.4) is 0 Å². The predicted molar refractivity (Wildman–Crippen MR) is 163 cm³/mol. The van der Waals surface area contributed by atoms with Crippen LogP contribution in [0.25, 0.3) is 11.2 Å². The Hall–Kier alpha value is -5.07. The van der Waals surface area contributed by atoms with E-state index in [1.54, 1.807) is 6.07 Å². The summed E-state index contributed by atoms with van der Waals surface area (Å²) in [6, 6.07) is 3.67. The number of hydrogen-bond acceptors (Lipinski definition) is 13. The predicted octanol–water partition coefficient (Wildman–Crippen LogP) is 3.54. The number of nitrogens with one attached hydrogen (secondary N) is 1. The summed E-state index contributed by atoms with van der Waals surface area (Å²) < 4.78 is 42.9. The van der Waals surface area contributed by atoms with Crippen LogP contribution >= 0.6 is 0 Å². The van der Waals surface area contributed by atoms with E-state index < -0.39 is 53.8 Å². The number of aliphatic hydroxyl groups is 1. The maximum atomic E-state index is 14.5. The number of nitrogens with zero attached hydrogens (tertiary/aromatic N) is 4. The summed E-state index contributed by atoms with van der Waals surface area (Å²) in [6.07, 6.45) is 3.67. The number of fused-ring (bicyclic) bond motifs is 1. The van der Waals surface area contributed by atoms with Gasteiger partial charge in [-0.25, -0.2) is 9.78 Å². The number of rotatable bonds is 10. The first-order chi connectivity index (χ1) is 22.1. The van der Waals surface area contributed by atoms with Crippen molar-refractivity contribution in [1.82, 2.24) is 19.5 Å². The van der Waals surface area contributed by atoms with Crippen molar-refractivity contribution in [2.24, 2.45) is 0 Å². The summed E-state index contributed by atoms with van der Waals surface area (Å²) in [5.74, 6) is 1.25. The molecular formula is C32H34FN5O9. The second-order valence-electron chi connectivity index (χ2n) is 12.1. The Labute approximate surface area is 268 Å². The summed E-state index contributed by atoms with van der Waals surface area (Å²) in [7, 11) is 0. The van der Waals surface area contributed by atoms with Gasteiger partial charge in [0.1, 0.15) is 30.4 Å². The largest absolute Gasteiger partial charge is 0.519 e. The van der Waals surface area contributed by atoms with E-state index in [-0.39, 0.29) is 47.9 Å². The highest BCUT2D eigenvalue weighted by Gasteiger charge is 2.49. The third-order valence-corrected chi connectivity index (χ3v) is 7.92. The van der Waals surface area contributed by atoms with Gasteiger partial charge in [-0.15, -0.1) is 6.42 Å². The molecule has 0 aliphatic carbocycles. The molecule has 0 amide bonds. The van der Waals surface area contributed by atoms with Gasteiger partial charge in [0.15, 0.2) is 28.3 Å². The number of aryl methyl sites for hydroxylation is 3. The van der Waals surface area contributed by atoms with Crippen molar-refractivity contribution < 1.29 is 42.1 Å². The van der Waals surface area contributed by atoms with E-state index in [0.717, 1.165) is 11.1 Å². The zero-order valence-electron chi connectivity index (χ0n) is 26.7. The quantitative estimate of drug-likeness (QED) is 0.110. The number of esters is 2. The number of anilines is 1. The van der Waals surface area contributed by atoms with Gasteiger partial charge in [0.25, 0.3) is 0 Å². The first-order valence-electron chi connectivity index (χ1n) is 14.6. The molecule has 1 fully saturated rings. The van der Waals surface area contributed by atoms with E-state index in [0.29, 0.717) is 11.3 Å².